The summed E-state index contributed by atoms with van der Waals surface area (Å²) in [6.07, 6.45) is 0. The van der Waals surface area contributed by atoms with Crippen LogP contribution >= 0.6 is 11.3 Å². The van der Waals surface area contributed by atoms with Crippen molar-refractivity contribution >= 4 is 23.2 Å². The minimum Gasteiger partial charge on any atom is -0.352 e. The van der Waals surface area contributed by atoms with Crippen molar-refractivity contribution in [1.29, 1.82) is 0 Å². The van der Waals surface area contributed by atoms with Crippen molar-refractivity contribution in [1.82, 2.24) is 20.9 Å². The first-order valence-electron chi connectivity index (χ1n) is 8.99. The van der Waals surface area contributed by atoms with Gasteiger partial charge in [-0.1, -0.05) is 12.1 Å². The van der Waals surface area contributed by atoms with E-state index < -0.39 is 0 Å². The lowest BCUT2D eigenvalue weighted by Gasteiger charge is -2.13. The minimum atomic E-state index is -0.0470. The van der Waals surface area contributed by atoms with Gasteiger partial charge >= 0.3 is 0 Å². The van der Waals surface area contributed by atoms with Gasteiger partial charge in [0, 0.05) is 42.0 Å². The molecule has 3 N–H and O–H groups in total. The van der Waals surface area contributed by atoms with Gasteiger partial charge in [0.25, 0.3) is 5.91 Å². The summed E-state index contributed by atoms with van der Waals surface area (Å²) in [4.78, 5) is 21.1. The zero-order valence-electron chi connectivity index (χ0n) is 16.5. The molecule has 6 nitrogen and oxygen atoms in total. The van der Waals surface area contributed by atoms with E-state index in [9.17, 15) is 4.79 Å². The molecule has 1 aromatic carbocycles. The van der Waals surface area contributed by atoms with Crippen LogP contribution in [-0.2, 0) is 13.1 Å². The van der Waals surface area contributed by atoms with Crippen LogP contribution in [-0.4, -0.2) is 51.0 Å². The predicted octanol–water partition coefficient (Wildman–Crippen LogP) is 2.21. The zero-order valence-corrected chi connectivity index (χ0v) is 17.3. The number of hydrogen-bond donors (Lipinski definition) is 3. The highest BCUT2D eigenvalue weighted by Crippen LogP contribution is 2.14. The van der Waals surface area contributed by atoms with Crippen LogP contribution in [0.4, 0.5) is 0 Å². The fourth-order valence-electron chi connectivity index (χ4n) is 2.48. The molecule has 0 unspecified atom stereocenters. The number of thiophene rings is 1. The molecule has 0 spiro atoms. The van der Waals surface area contributed by atoms with E-state index in [1.54, 1.807) is 18.4 Å². The molecule has 0 aliphatic heterocycles. The van der Waals surface area contributed by atoms with Gasteiger partial charge in [0.1, 0.15) is 0 Å². The number of rotatable bonds is 8. The van der Waals surface area contributed by atoms with Crippen molar-refractivity contribution in [2.24, 2.45) is 4.99 Å². The van der Waals surface area contributed by atoms with Crippen molar-refractivity contribution in [2.75, 3.05) is 34.2 Å². The van der Waals surface area contributed by atoms with Crippen LogP contribution in [0, 0.1) is 6.92 Å². The Morgan fingerprint density at radius 3 is 2.56 bits per heavy atom. The Hall–Kier alpha value is -2.38. The average molecular weight is 388 g/mol. The standard InChI is InChI=1S/C20H29N5OS/c1-15-8-9-18(27-15)14-24-20(21-2)23-13-16-6-5-7-17(12-16)19(26)22-10-11-25(3)4/h5-9,12H,10-11,13-14H2,1-4H3,(H,22,26)(H2,21,23,24). The average Bonchev–Trinajstić information content (AvgIpc) is 3.07. The molecule has 0 atom stereocenters. The fourth-order valence-corrected chi connectivity index (χ4v) is 3.31. The third-order valence-electron chi connectivity index (χ3n) is 3.94. The van der Waals surface area contributed by atoms with E-state index in [1.807, 2.05) is 43.3 Å². The SMILES string of the molecule is CN=C(NCc1cccc(C(=O)NCCN(C)C)c1)NCc1ccc(C)s1. The molecule has 7 heteroatoms. The maximum absolute atomic E-state index is 12.2. The number of hydrogen-bond acceptors (Lipinski definition) is 4. The van der Waals surface area contributed by atoms with Gasteiger partial charge < -0.3 is 20.9 Å². The number of amides is 1. The number of nitrogens with zero attached hydrogens (tertiary/aromatic N) is 2. The molecule has 27 heavy (non-hydrogen) atoms. The van der Waals surface area contributed by atoms with Gasteiger partial charge in [-0.15, -0.1) is 11.3 Å². The van der Waals surface area contributed by atoms with Gasteiger partial charge in [-0.3, -0.25) is 9.79 Å². The number of guanidine groups is 1. The number of carbonyl (C=O) groups is 1. The molecule has 0 fully saturated rings. The van der Waals surface area contributed by atoms with E-state index in [-0.39, 0.29) is 5.91 Å². The maximum atomic E-state index is 12.2. The molecule has 0 bridgehead atoms. The molecule has 1 heterocycles. The summed E-state index contributed by atoms with van der Waals surface area (Å²) in [6.45, 7) is 4.89. The van der Waals surface area contributed by atoms with Gasteiger partial charge in [-0.05, 0) is 50.8 Å². The summed E-state index contributed by atoms with van der Waals surface area (Å²) in [5, 5.41) is 9.54. The van der Waals surface area contributed by atoms with E-state index in [0.29, 0.717) is 18.7 Å². The normalized spacial score (nSPS) is 11.5. The minimum absolute atomic E-state index is 0.0470. The van der Waals surface area contributed by atoms with E-state index in [4.69, 9.17) is 0 Å². The van der Waals surface area contributed by atoms with Gasteiger partial charge in [0.15, 0.2) is 5.96 Å². The maximum Gasteiger partial charge on any atom is 0.251 e. The Balaban J connectivity index is 1.84. The Morgan fingerprint density at radius 1 is 1.11 bits per heavy atom. The topological polar surface area (TPSA) is 68.8 Å². The number of likely N-dealkylation sites (N-methyl/N-ethyl adjacent to an activating group) is 1. The van der Waals surface area contributed by atoms with E-state index in [1.165, 1.54) is 9.75 Å². The van der Waals surface area contributed by atoms with Gasteiger partial charge in [-0.2, -0.15) is 0 Å². The molecule has 2 aromatic rings. The molecule has 0 radical (unpaired) electrons. The summed E-state index contributed by atoms with van der Waals surface area (Å²) in [6, 6.07) is 11.9. The van der Waals surface area contributed by atoms with Crippen molar-refractivity contribution in [3.8, 4) is 0 Å². The predicted molar refractivity (Wildman–Crippen MR) is 113 cm³/mol. The monoisotopic (exact) mass is 387 g/mol. The van der Waals surface area contributed by atoms with Crippen LogP contribution < -0.4 is 16.0 Å². The Kier molecular flexibility index (Phi) is 8.29. The van der Waals surface area contributed by atoms with Crippen molar-refractivity contribution in [3.05, 3.63) is 57.3 Å². The highest BCUT2D eigenvalue weighted by atomic mass is 32.1. The zero-order chi connectivity index (χ0) is 19.6. The van der Waals surface area contributed by atoms with Crippen LogP contribution in [0.25, 0.3) is 0 Å². The number of nitrogens with one attached hydrogen (secondary N) is 3. The summed E-state index contributed by atoms with van der Waals surface area (Å²) >= 11 is 1.78. The summed E-state index contributed by atoms with van der Waals surface area (Å²) in [7, 11) is 5.72. The summed E-state index contributed by atoms with van der Waals surface area (Å²) in [5.74, 6) is 0.691. The number of aryl methyl sites for hydroxylation is 1. The first-order chi connectivity index (χ1) is 13.0. The first-order valence-corrected chi connectivity index (χ1v) is 9.81. The molecule has 0 saturated carbocycles. The number of aliphatic imine (C=N–C) groups is 1. The highest BCUT2D eigenvalue weighted by molar-refractivity contribution is 7.11. The molecular weight excluding hydrogens is 358 g/mol. The number of benzene rings is 1. The van der Waals surface area contributed by atoms with Crippen LogP contribution in [0.15, 0.2) is 41.4 Å². The van der Waals surface area contributed by atoms with Crippen molar-refractivity contribution < 1.29 is 4.79 Å². The van der Waals surface area contributed by atoms with Gasteiger partial charge in [0.05, 0.1) is 6.54 Å². The van der Waals surface area contributed by atoms with Crippen LogP contribution in [0.5, 0.6) is 0 Å². The number of carbonyl (C=O) groups excluding carboxylic acids is 1. The Morgan fingerprint density at radius 2 is 1.89 bits per heavy atom. The third-order valence-corrected chi connectivity index (χ3v) is 4.94. The third kappa shape index (κ3) is 7.40. The lowest BCUT2D eigenvalue weighted by Crippen LogP contribution is -2.36. The highest BCUT2D eigenvalue weighted by Gasteiger charge is 2.07. The van der Waals surface area contributed by atoms with E-state index >= 15 is 0 Å². The largest absolute Gasteiger partial charge is 0.352 e. The smallest absolute Gasteiger partial charge is 0.251 e. The Bertz CT molecular complexity index is 769. The first kappa shape index (κ1) is 20.9. The quantitative estimate of drug-likeness (QED) is 0.480. The van der Waals surface area contributed by atoms with Crippen molar-refractivity contribution in [3.63, 3.8) is 0 Å². The molecule has 0 saturated heterocycles. The Labute approximate surface area is 165 Å². The molecule has 0 aliphatic carbocycles. The molecule has 2 rings (SSSR count). The lowest BCUT2D eigenvalue weighted by molar-refractivity contribution is 0.0951. The van der Waals surface area contributed by atoms with Crippen LogP contribution in [0.2, 0.25) is 0 Å². The molecule has 1 aromatic heterocycles. The second-order valence-electron chi connectivity index (χ2n) is 6.55. The van der Waals surface area contributed by atoms with Gasteiger partial charge in [0.2, 0.25) is 0 Å². The second kappa shape index (κ2) is 10.7. The molecular formula is C20H29N5OS. The summed E-state index contributed by atoms with van der Waals surface area (Å²) < 4.78 is 0. The second-order valence-corrected chi connectivity index (χ2v) is 7.92. The molecule has 0 aliphatic rings. The molecule has 146 valence electrons. The lowest BCUT2D eigenvalue weighted by atomic mass is 10.1. The van der Waals surface area contributed by atoms with Crippen molar-refractivity contribution in [2.45, 2.75) is 20.0 Å². The summed E-state index contributed by atoms with van der Waals surface area (Å²) in [5.41, 5.74) is 1.70. The van der Waals surface area contributed by atoms with Gasteiger partial charge in [-0.25, -0.2) is 0 Å². The van der Waals surface area contributed by atoms with E-state index in [0.717, 1.165) is 24.6 Å². The van der Waals surface area contributed by atoms with Crippen LogP contribution in [0.1, 0.15) is 25.7 Å². The van der Waals surface area contributed by atoms with Crippen LogP contribution in [0.3, 0.4) is 0 Å². The molecule has 1 amide bonds. The van der Waals surface area contributed by atoms with E-state index in [2.05, 4.69) is 40.0 Å². The fraction of sp³-hybridized carbons (Fsp3) is 0.400.